The number of ether oxygens (including phenoxy) is 1. The number of aliphatic carboxylic acids is 1. The van der Waals surface area contributed by atoms with Crippen molar-refractivity contribution in [1.82, 2.24) is 10.2 Å². The van der Waals surface area contributed by atoms with Crippen LogP contribution in [-0.4, -0.2) is 53.8 Å². The fraction of sp³-hybridized carbons (Fsp3) is 0.846. The molecule has 3 fully saturated rings. The Hall–Kier alpha value is -1.30. The first kappa shape index (κ1) is 12.7. The summed E-state index contributed by atoms with van der Waals surface area (Å²) in [7, 11) is 0. The Morgan fingerprint density at radius 1 is 1.32 bits per heavy atom. The first-order chi connectivity index (χ1) is 9.15. The summed E-state index contributed by atoms with van der Waals surface area (Å²) in [5.74, 6) is -0.505. The van der Waals surface area contributed by atoms with Crippen LogP contribution in [0.4, 0.5) is 4.79 Å². The normalized spacial score (nSPS) is 35.9. The monoisotopic (exact) mass is 268 g/mol. The molecule has 3 rings (SSSR count). The van der Waals surface area contributed by atoms with E-state index >= 15 is 0 Å². The van der Waals surface area contributed by atoms with Crippen LogP contribution in [0.5, 0.6) is 0 Å². The van der Waals surface area contributed by atoms with Crippen molar-refractivity contribution in [2.75, 3.05) is 19.8 Å². The Balaban J connectivity index is 1.54. The number of rotatable bonds is 3. The van der Waals surface area contributed by atoms with E-state index in [-0.39, 0.29) is 24.0 Å². The summed E-state index contributed by atoms with van der Waals surface area (Å²) in [6.45, 7) is 2.28. The minimum Gasteiger partial charge on any atom is -0.481 e. The van der Waals surface area contributed by atoms with E-state index in [9.17, 15) is 9.59 Å². The molecule has 3 aliphatic rings. The molecule has 2 aliphatic heterocycles. The van der Waals surface area contributed by atoms with Gasteiger partial charge in [-0.15, -0.1) is 0 Å². The molecule has 1 atom stereocenters. The first-order valence-corrected chi connectivity index (χ1v) is 7.03. The number of carbonyl (C=O) groups is 2. The lowest BCUT2D eigenvalue weighted by molar-refractivity contribution is -0.146. The third-order valence-electron chi connectivity index (χ3n) is 4.70. The summed E-state index contributed by atoms with van der Waals surface area (Å²) >= 11 is 0. The van der Waals surface area contributed by atoms with Gasteiger partial charge >= 0.3 is 12.0 Å². The van der Waals surface area contributed by atoms with E-state index in [0.29, 0.717) is 18.8 Å². The molecule has 2 amide bonds. The zero-order valence-corrected chi connectivity index (χ0v) is 10.9. The van der Waals surface area contributed by atoms with Crippen molar-refractivity contribution in [3.05, 3.63) is 0 Å². The molecule has 0 bridgehead atoms. The molecule has 6 nitrogen and oxygen atoms in total. The summed E-state index contributed by atoms with van der Waals surface area (Å²) in [5.41, 5.74) is 0. The molecule has 0 aromatic carbocycles. The largest absolute Gasteiger partial charge is 0.481 e. The van der Waals surface area contributed by atoms with Gasteiger partial charge in [0.1, 0.15) is 0 Å². The number of nitrogens with zero attached hydrogens (tertiary/aromatic N) is 1. The molecule has 2 saturated heterocycles. The van der Waals surface area contributed by atoms with Crippen LogP contribution in [0.1, 0.15) is 25.7 Å². The zero-order valence-electron chi connectivity index (χ0n) is 10.9. The molecule has 1 unspecified atom stereocenters. The van der Waals surface area contributed by atoms with Crippen molar-refractivity contribution in [1.29, 1.82) is 0 Å². The number of urea groups is 1. The van der Waals surface area contributed by atoms with Crippen molar-refractivity contribution < 1.29 is 19.4 Å². The molecule has 6 heteroatoms. The maximum absolute atomic E-state index is 12.0. The van der Waals surface area contributed by atoms with E-state index in [4.69, 9.17) is 9.84 Å². The number of amides is 2. The van der Waals surface area contributed by atoms with E-state index in [0.717, 1.165) is 32.6 Å². The standard InChI is InChI=1S/C13H20N2O4/c16-12(17)9-5-10(6-9)15-7-11(14-13(15)18)8-1-3-19-4-2-8/h8-11H,1-7H2,(H,14,18)(H,16,17). The van der Waals surface area contributed by atoms with Crippen LogP contribution >= 0.6 is 0 Å². The highest BCUT2D eigenvalue weighted by molar-refractivity contribution is 5.78. The van der Waals surface area contributed by atoms with E-state index in [1.165, 1.54) is 0 Å². The minimum atomic E-state index is -0.739. The summed E-state index contributed by atoms with van der Waals surface area (Å²) < 4.78 is 5.34. The summed E-state index contributed by atoms with van der Waals surface area (Å²) in [6.07, 6.45) is 3.20. The highest BCUT2D eigenvalue weighted by atomic mass is 16.5. The Kier molecular flexibility index (Phi) is 3.35. The molecule has 106 valence electrons. The Morgan fingerprint density at radius 2 is 2.00 bits per heavy atom. The van der Waals surface area contributed by atoms with Gasteiger partial charge in [0.15, 0.2) is 0 Å². The molecular weight excluding hydrogens is 248 g/mol. The van der Waals surface area contributed by atoms with Crippen molar-refractivity contribution in [3.8, 4) is 0 Å². The van der Waals surface area contributed by atoms with Crippen molar-refractivity contribution >= 4 is 12.0 Å². The van der Waals surface area contributed by atoms with Crippen LogP contribution in [0.15, 0.2) is 0 Å². The van der Waals surface area contributed by atoms with Crippen LogP contribution in [0.3, 0.4) is 0 Å². The van der Waals surface area contributed by atoms with Crippen molar-refractivity contribution in [3.63, 3.8) is 0 Å². The van der Waals surface area contributed by atoms with Crippen LogP contribution in [0, 0.1) is 11.8 Å². The summed E-state index contributed by atoms with van der Waals surface area (Å²) in [4.78, 5) is 24.6. The van der Waals surface area contributed by atoms with Crippen LogP contribution in [0.25, 0.3) is 0 Å². The number of carboxylic acid groups (broad SMARTS) is 1. The van der Waals surface area contributed by atoms with Gasteiger partial charge in [-0.3, -0.25) is 4.79 Å². The molecule has 1 saturated carbocycles. The smallest absolute Gasteiger partial charge is 0.318 e. The molecule has 19 heavy (non-hydrogen) atoms. The van der Waals surface area contributed by atoms with E-state index in [1.807, 2.05) is 4.90 Å². The number of nitrogens with one attached hydrogen (secondary N) is 1. The van der Waals surface area contributed by atoms with Crippen LogP contribution in [0.2, 0.25) is 0 Å². The van der Waals surface area contributed by atoms with E-state index in [1.54, 1.807) is 0 Å². The van der Waals surface area contributed by atoms with Gasteiger partial charge in [-0.25, -0.2) is 4.79 Å². The molecule has 0 aromatic rings. The average molecular weight is 268 g/mol. The second kappa shape index (κ2) is 5.00. The lowest BCUT2D eigenvalue weighted by Crippen LogP contribution is -2.48. The van der Waals surface area contributed by atoms with Gasteiger partial charge < -0.3 is 20.1 Å². The number of hydrogen-bond donors (Lipinski definition) is 2. The maximum Gasteiger partial charge on any atom is 0.318 e. The third kappa shape index (κ3) is 2.41. The van der Waals surface area contributed by atoms with Gasteiger partial charge in [0.25, 0.3) is 0 Å². The van der Waals surface area contributed by atoms with Gasteiger partial charge in [0.05, 0.1) is 12.0 Å². The van der Waals surface area contributed by atoms with Crippen molar-refractivity contribution in [2.45, 2.75) is 37.8 Å². The van der Waals surface area contributed by atoms with E-state index < -0.39 is 5.97 Å². The number of hydrogen-bond acceptors (Lipinski definition) is 3. The second-order valence-electron chi connectivity index (χ2n) is 5.82. The molecule has 2 N–H and O–H groups in total. The Bertz CT molecular complexity index is 375. The lowest BCUT2D eigenvalue weighted by atomic mass is 9.79. The quantitative estimate of drug-likeness (QED) is 0.788. The van der Waals surface area contributed by atoms with Crippen molar-refractivity contribution in [2.24, 2.45) is 11.8 Å². The first-order valence-electron chi connectivity index (χ1n) is 7.03. The summed E-state index contributed by atoms with van der Waals surface area (Å²) in [6, 6.07) is 0.302. The van der Waals surface area contributed by atoms with Gasteiger partial charge in [-0.05, 0) is 31.6 Å². The molecule has 0 radical (unpaired) electrons. The second-order valence-corrected chi connectivity index (χ2v) is 5.82. The fourth-order valence-electron chi connectivity index (χ4n) is 3.33. The average Bonchev–Trinajstić information content (AvgIpc) is 2.71. The molecule has 0 spiro atoms. The highest BCUT2D eigenvalue weighted by Gasteiger charge is 2.44. The SMILES string of the molecule is O=C(O)C1CC(N2CC(C3CCOCC3)NC2=O)C1. The minimum absolute atomic E-state index is 0.0228. The predicted octanol–water partition coefficient (Wildman–Crippen LogP) is 0.670. The molecule has 1 aliphatic carbocycles. The van der Waals surface area contributed by atoms with Crippen LogP contribution in [-0.2, 0) is 9.53 Å². The molecule has 0 aromatic heterocycles. The van der Waals surface area contributed by atoms with Gasteiger partial charge in [-0.1, -0.05) is 0 Å². The maximum atomic E-state index is 12.0. The Morgan fingerprint density at radius 3 is 2.63 bits per heavy atom. The highest BCUT2D eigenvalue weighted by Crippen LogP contribution is 2.34. The van der Waals surface area contributed by atoms with E-state index in [2.05, 4.69) is 5.32 Å². The fourth-order valence-corrected chi connectivity index (χ4v) is 3.33. The third-order valence-corrected chi connectivity index (χ3v) is 4.70. The summed E-state index contributed by atoms with van der Waals surface area (Å²) in [5, 5.41) is 11.9. The molecule has 2 heterocycles. The lowest BCUT2D eigenvalue weighted by Gasteiger charge is -2.38. The number of carbonyl (C=O) groups excluding carboxylic acids is 1. The zero-order chi connectivity index (χ0) is 13.4. The molecular formula is C13H20N2O4. The topological polar surface area (TPSA) is 78.9 Å². The Labute approximate surface area is 112 Å². The van der Waals surface area contributed by atoms with Gasteiger partial charge in [0.2, 0.25) is 0 Å². The predicted molar refractivity (Wildman–Crippen MR) is 66.7 cm³/mol. The van der Waals surface area contributed by atoms with Gasteiger partial charge in [-0.2, -0.15) is 0 Å². The van der Waals surface area contributed by atoms with Gasteiger partial charge in [0, 0.05) is 25.8 Å². The van der Waals surface area contributed by atoms with Crippen LogP contribution < -0.4 is 5.32 Å². The number of carboxylic acids is 1.